The van der Waals surface area contributed by atoms with Crippen molar-refractivity contribution in [3.8, 4) is 10.6 Å². The molecular formula is C18H12FN3O2S. The highest BCUT2D eigenvalue weighted by molar-refractivity contribution is 7.13. The molecule has 0 saturated heterocycles. The number of aromatic nitrogens is 2. The van der Waals surface area contributed by atoms with Crippen LogP contribution in [0, 0.1) is 12.7 Å². The van der Waals surface area contributed by atoms with Gasteiger partial charge in [0.2, 0.25) is 0 Å². The zero-order valence-electron chi connectivity index (χ0n) is 13.1. The third-order valence-corrected chi connectivity index (χ3v) is 4.63. The second-order valence-corrected chi connectivity index (χ2v) is 6.39. The van der Waals surface area contributed by atoms with E-state index < -0.39 is 0 Å². The molecule has 0 atom stereocenters. The number of fused-ring (bicyclic) bond motifs is 1. The maximum Gasteiger partial charge on any atom is 0.259 e. The lowest BCUT2D eigenvalue weighted by atomic mass is 10.1. The van der Waals surface area contributed by atoms with Crippen LogP contribution in [0.3, 0.4) is 0 Å². The number of carbonyl (C=O) groups excluding carboxylic acids is 1. The molecule has 1 amide bonds. The summed E-state index contributed by atoms with van der Waals surface area (Å²) in [7, 11) is 0. The van der Waals surface area contributed by atoms with E-state index in [0.29, 0.717) is 33.7 Å². The van der Waals surface area contributed by atoms with Crippen molar-refractivity contribution in [3.63, 3.8) is 0 Å². The molecule has 0 fully saturated rings. The van der Waals surface area contributed by atoms with E-state index >= 15 is 0 Å². The first kappa shape index (κ1) is 15.5. The lowest BCUT2D eigenvalue weighted by molar-refractivity contribution is 0.102. The predicted octanol–water partition coefficient (Wildman–Crippen LogP) is 4.65. The number of aryl methyl sites for hydroxylation is 1. The highest BCUT2D eigenvalue weighted by Gasteiger charge is 2.19. The molecule has 124 valence electrons. The molecule has 0 saturated carbocycles. The zero-order valence-corrected chi connectivity index (χ0v) is 13.9. The molecule has 4 rings (SSSR count). The van der Waals surface area contributed by atoms with Gasteiger partial charge in [-0.15, -0.1) is 11.3 Å². The molecule has 3 aromatic heterocycles. The average Bonchev–Trinajstić information content (AvgIpc) is 3.26. The molecule has 5 nitrogen and oxygen atoms in total. The Morgan fingerprint density at radius 3 is 2.76 bits per heavy atom. The minimum atomic E-state index is -0.362. The summed E-state index contributed by atoms with van der Waals surface area (Å²) in [5.74, 6) is -0.692. The normalized spacial score (nSPS) is 11.0. The number of halogens is 1. The summed E-state index contributed by atoms with van der Waals surface area (Å²) in [6.45, 7) is 1.76. The number of nitrogens with one attached hydrogen (secondary N) is 1. The number of nitrogens with zero attached hydrogens (tertiary/aromatic N) is 2. The van der Waals surface area contributed by atoms with Crippen molar-refractivity contribution in [2.75, 3.05) is 5.32 Å². The van der Waals surface area contributed by atoms with Crippen LogP contribution in [-0.4, -0.2) is 16.0 Å². The van der Waals surface area contributed by atoms with Gasteiger partial charge in [0, 0.05) is 5.69 Å². The first-order valence-corrected chi connectivity index (χ1v) is 8.37. The van der Waals surface area contributed by atoms with Crippen LogP contribution < -0.4 is 5.32 Å². The van der Waals surface area contributed by atoms with Gasteiger partial charge in [-0.2, -0.15) is 0 Å². The lowest BCUT2D eigenvalue weighted by Gasteiger charge is -2.07. The van der Waals surface area contributed by atoms with Crippen molar-refractivity contribution in [2.45, 2.75) is 6.92 Å². The number of carbonyl (C=O) groups is 1. The number of anilines is 1. The highest BCUT2D eigenvalue weighted by Crippen LogP contribution is 2.29. The molecule has 4 aromatic rings. The van der Waals surface area contributed by atoms with Gasteiger partial charge in [-0.3, -0.25) is 4.79 Å². The summed E-state index contributed by atoms with van der Waals surface area (Å²) >= 11 is 1.52. The maximum absolute atomic E-state index is 13.0. The number of thiophene rings is 1. The van der Waals surface area contributed by atoms with Gasteiger partial charge in [0.15, 0.2) is 0 Å². The first-order valence-electron chi connectivity index (χ1n) is 7.49. The second kappa shape index (κ2) is 6.10. The molecule has 0 unspecified atom stereocenters. The zero-order chi connectivity index (χ0) is 17.4. The Hall–Kier alpha value is -3.06. The van der Waals surface area contributed by atoms with Gasteiger partial charge in [-0.05, 0) is 48.7 Å². The van der Waals surface area contributed by atoms with Gasteiger partial charge in [0.1, 0.15) is 5.82 Å². The molecule has 0 aliphatic heterocycles. The van der Waals surface area contributed by atoms with Gasteiger partial charge in [0.05, 0.1) is 27.2 Å². The van der Waals surface area contributed by atoms with Crippen molar-refractivity contribution in [1.29, 1.82) is 0 Å². The number of amides is 1. The number of benzene rings is 1. The Bertz CT molecular complexity index is 1060. The molecule has 1 aromatic carbocycles. The van der Waals surface area contributed by atoms with E-state index in [4.69, 9.17) is 4.52 Å². The van der Waals surface area contributed by atoms with E-state index in [1.807, 2.05) is 17.5 Å². The highest BCUT2D eigenvalue weighted by atomic mass is 32.1. The minimum absolute atomic E-state index is 0.313. The average molecular weight is 353 g/mol. The maximum atomic E-state index is 13.0. The summed E-state index contributed by atoms with van der Waals surface area (Å²) in [6.07, 6.45) is 0. The van der Waals surface area contributed by atoms with E-state index in [1.54, 1.807) is 13.0 Å². The fraction of sp³-hybridized carbons (Fsp3) is 0.0556. The minimum Gasteiger partial charge on any atom is -0.335 e. The molecule has 0 aliphatic rings. The summed E-state index contributed by atoms with van der Waals surface area (Å²) < 4.78 is 18.3. The Morgan fingerprint density at radius 2 is 2.04 bits per heavy atom. The summed E-state index contributed by atoms with van der Waals surface area (Å²) in [6, 6.07) is 11.1. The second-order valence-electron chi connectivity index (χ2n) is 5.44. The molecule has 0 aliphatic carbocycles. The number of hydrogen-bond acceptors (Lipinski definition) is 5. The van der Waals surface area contributed by atoms with Crippen LogP contribution in [0.15, 0.2) is 52.4 Å². The fourth-order valence-electron chi connectivity index (χ4n) is 2.56. The van der Waals surface area contributed by atoms with Crippen molar-refractivity contribution in [3.05, 3.63) is 64.9 Å². The van der Waals surface area contributed by atoms with Crippen molar-refractivity contribution >= 4 is 34.0 Å². The predicted molar refractivity (Wildman–Crippen MR) is 94.2 cm³/mol. The lowest BCUT2D eigenvalue weighted by Crippen LogP contribution is -2.13. The van der Waals surface area contributed by atoms with Crippen LogP contribution in [-0.2, 0) is 0 Å². The summed E-state index contributed by atoms with van der Waals surface area (Å²) in [5, 5.41) is 9.19. The summed E-state index contributed by atoms with van der Waals surface area (Å²) in [4.78, 5) is 18.2. The molecule has 1 N–H and O–H groups in total. The topological polar surface area (TPSA) is 68.0 Å². The van der Waals surface area contributed by atoms with Gasteiger partial charge in [-0.1, -0.05) is 11.2 Å². The molecule has 3 heterocycles. The third-order valence-electron chi connectivity index (χ3n) is 3.74. The van der Waals surface area contributed by atoms with Gasteiger partial charge in [-0.25, -0.2) is 9.37 Å². The van der Waals surface area contributed by atoms with Gasteiger partial charge >= 0.3 is 0 Å². The molecular weight excluding hydrogens is 341 g/mol. The molecule has 25 heavy (non-hydrogen) atoms. The standard InChI is InChI=1S/C18H12FN3O2S/c1-10-16-13(17(23)20-12-6-4-11(19)5-7-12)9-14(15-3-2-8-25-15)21-18(16)24-22-10/h2-9H,1H3,(H,20,23). The van der Waals surface area contributed by atoms with Crippen molar-refractivity contribution in [2.24, 2.45) is 0 Å². The quantitative estimate of drug-likeness (QED) is 0.582. The Labute approximate surface area is 146 Å². The van der Waals surface area contributed by atoms with E-state index in [1.165, 1.54) is 35.6 Å². The van der Waals surface area contributed by atoms with Crippen LogP contribution in [0.2, 0.25) is 0 Å². The largest absolute Gasteiger partial charge is 0.335 e. The van der Waals surface area contributed by atoms with Crippen LogP contribution in [0.4, 0.5) is 10.1 Å². The van der Waals surface area contributed by atoms with Gasteiger partial charge < -0.3 is 9.84 Å². The van der Waals surface area contributed by atoms with Crippen LogP contribution in [0.5, 0.6) is 0 Å². The van der Waals surface area contributed by atoms with Crippen LogP contribution in [0.25, 0.3) is 21.7 Å². The molecule has 0 radical (unpaired) electrons. The van der Waals surface area contributed by atoms with Crippen LogP contribution >= 0.6 is 11.3 Å². The molecule has 0 bridgehead atoms. The molecule has 0 spiro atoms. The summed E-state index contributed by atoms with van der Waals surface area (Å²) in [5.41, 5.74) is 2.46. The number of pyridine rings is 1. The smallest absolute Gasteiger partial charge is 0.259 e. The number of rotatable bonds is 3. The van der Waals surface area contributed by atoms with E-state index in [2.05, 4.69) is 15.5 Å². The first-order chi connectivity index (χ1) is 12.1. The van der Waals surface area contributed by atoms with Crippen LogP contribution in [0.1, 0.15) is 16.1 Å². The molecule has 7 heteroatoms. The van der Waals surface area contributed by atoms with Crippen molar-refractivity contribution in [1.82, 2.24) is 10.1 Å². The fourth-order valence-corrected chi connectivity index (χ4v) is 3.24. The monoisotopic (exact) mass is 353 g/mol. The van der Waals surface area contributed by atoms with E-state index in [9.17, 15) is 9.18 Å². The Balaban J connectivity index is 1.80. The SMILES string of the molecule is Cc1noc2nc(-c3cccs3)cc(C(=O)Nc3ccc(F)cc3)c12. The Kier molecular flexibility index (Phi) is 3.77. The van der Waals surface area contributed by atoms with E-state index in [-0.39, 0.29) is 11.7 Å². The Morgan fingerprint density at radius 1 is 1.24 bits per heavy atom. The van der Waals surface area contributed by atoms with E-state index in [0.717, 1.165) is 4.88 Å². The number of hydrogen-bond donors (Lipinski definition) is 1. The van der Waals surface area contributed by atoms with Gasteiger partial charge in [0.25, 0.3) is 11.6 Å². The van der Waals surface area contributed by atoms with Crippen molar-refractivity contribution < 1.29 is 13.7 Å². The third kappa shape index (κ3) is 2.89.